The lowest BCUT2D eigenvalue weighted by molar-refractivity contribution is -0.0780. The number of ether oxygens (including phenoxy) is 3. The SMILES string of the molecule is CC(COC1CCC(OC2CCCCC2)CC1)Oc1cccnc1. The molecule has 0 aromatic carbocycles. The van der Waals surface area contributed by atoms with Crippen LogP contribution in [0.15, 0.2) is 24.5 Å². The van der Waals surface area contributed by atoms with Gasteiger partial charge in [0.05, 0.1) is 31.1 Å². The molecule has 1 aromatic heterocycles. The number of aromatic nitrogens is 1. The van der Waals surface area contributed by atoms with E-state index in [9.17, 15) is 0 Å². The van der Waals surface area contributed by atoms with Crippen molar-refractivity contribution in [3.8, 4) is 5.75 Å². The summed E-state index contributed by atoms with van der Waals surface area (Å²) in [7, 11) is 0. The Balaban J connectivity index is 1.30. The van der Waals surface area contributed by atoms with Crippen LogP contribution in [0.4, 0.5) is 0 Å². The second kappa shape index (κ2) is 9.38. The summed E-state index contributed by atoms with van der Waals surface area (Å²) in [6.07, 6.45) is 16.0. The molecule has 0 bridgehead atoms. The minimum Gasteiger partial charge on any atom is -0.487 e. The molecule has 1 unspecified atom stereocenters. The highest BCUT2D eigenvalue weighted by Crippen LogP contribution is 2.28. The van der Waals surface area contributed by atoms with Gasteiger partial charge < -0.3 is 14.2 Å². The Morgan fingerprint density at radius 1 is 1.00 bits per heavy atom. The zero-order valence-electron chi connectivity index (χ0n) is 14.9. The third-order valence-electron chi connectivity index (χ3n) is 5.10. The van der Waals surface area contributed by atoms with Gasteiger partial charge in [-0.3, -0.25) is 4.98 Å². The molecule has 2 fully saturated rings. The van der Waals surface area contributed by atoms with Gasteiger partial charge in [-0.1, -0.05) is 19.3 Å². The molecule has 0 aliphatic heterocycles. The summed E-state index contributed by atoms with van der Waals surface area (Å²) in [5, 5.41) is 0. The minimum absolute atomic E-state index is 0.0467. The Labute approximate surface area is 145 Å². The highest BCUT2D eigenvalue weighted by atomic mass is 16.5. The molecule has 0 amide bonds. The van der Waals surface area contributed by atoms with Gasteiger partial charge in [0.25, 0.3) is 0 Å². The van der Waals surface area contributed by atoms with E-state index < -0.39 is 0 Å². The molecule has 4 heteroatoms. The van der Waals surface area contributed by atoms with Gasteiger partial charge in [0.15, 0.2) is 0 Å². The lowest BCUT2D eigenvalue weighted by Gasteiger charge is -2.33. The lowest BCUT2D eigenvalue weighted by Crippen LogP contribution is -2.32. The largest absolute Gasteiger partial charge is 0.487 e. The Hall–Kier alpha value is -1.13. The maximum absolute atomic E-state index is 6.30. The van der Waals surface area contributed by atoms with Crippen molar-refractivity contribution in [1.82, 2.24) is 4.98 Å². The van der Waals surface area contributed by atoms with Crippen molar-refractivity contribution in [3.63, 3.8) is 0 Å². The van der Waals surface area contributed by atoms with E-state index >= 15 is 0 Å². The third kappa shape index (κ3) is 5.75. The van der Waals surface area contributed by atoms with Crippen LogP contribution in [0.5, 0.6) is 5.75 Å². The number of rotatable bonds is 7. The van der Waals surface area contributed by atoms with E-state index in [2.05, 4.69) is 4.98 Å². The monoisotopic (exact) mass is 333 g/mol. The predicted molar refractivity (Wildman–Crippen MR) is 94.3 cm³/mol. The van der Waals surface area contributed by atoms with E-state index in [1.165, 1.54) is 32.1 Å². The van der Waals surface area contributed by atoms with Gasteiger partial charge >= 0.3 is 0 Å². The number of hydrogen-bond acceptors (Lipinski definition) is 4. The first kappa shape index (κ1) is 17.7. The molecule has 4 nitrogen and oxygen atoms in total. The summed E-state index contributed by atoms with van der Waals surface area (Å²) in [6.45, 7) is 2.68. The van der Waals surface area contributed by atoms with Crippen LogP contribution in [0, 0.1) is 0 Å². The van der Waals surface area contributed by atoms with Crippen LogP contribution >= 0.6 is 0 Å². The molecule has 2 aliphatic carbocycles. The molecular formula is C20H31NO3. The van der Waals surface area contributed by atoms with Gasteiger partial charge in [-0.2, -0.15) is 0 Å². The molecule has 0 N–H and O–H groups in total. The normalized spacial score (nSPS) is 26.9. The second-order valence-corrected chi connectivity index (χ2v) is 7.25. The molecule has 2 saturated carbocycles. The zero-order valence-corrected chi connectivity index (χ0v) is 14.9. The minimum atomic E-state index is 0.0467. The fourth-order valence-corrected chi connectivity index (χ4v) is 3.76. The van der Waals surface area contributed by atoms with Crippen LogP contribution in [0.1, 0.15) is 64.7 Å². The average molecular weight is 333 g/mol. The van der Waals surface area contributed by atoms with Crippen molar-refractivity contribution in [2.45, 2.75) is 89.1 Å². The second-order valence-electron chi connectivity index (χ2n) is 7.25. The number of pyridine rings is 1. The average Bonchev–Trinajstić information content (AvgIpc) is 2.63. The summed E-state index contributed by atoms with van der Waals surface area (Å²) < 4.78 is 18.2. The predicted octanol–water partition coefficient (Wildman–Crippen LogP) is 4.53. The molecule has 1 aromatic rings. The third-order valence-corrected chi connectivity index (χ3v) is 5.10. The summed E-state index contributed by atoms with van der Waals surface area (Å²) in [5.41, 5.74) is 0. The van der Waals surface area contributed by atoms with E-state index in [0.717, 1.165) is 31.4 Å². The molecule has 0 radical (unpaired) electrons. The van der Waals surface area contributed by atoms with E-state index in [1.807, 2.05) is 19.1 Å². The summed E-state index contributed by atoms with van der Waals surface area (Å²) >= 11 is 0. The van der Waals surface area contributed by atoms with Crippen molar-refractivity contribution < 1.29 is 14.2 Å². The highest BCUT2D eigenvalue weighted by Gasteiger charge is 2.25. The van der Waals surface area contributed by atoms with Crippen molar-refractivity contribution >= 4 is 0 Å². The smallest absolute Gasteiger partial charge is 0.138 e. The Morgan fingerprint density at radius 3 is 2.42 bits per heavy atom. The molecule has 134 valence electrons. The van der Waals surface area contributed by atoms with E-state index in [4.69, 9.17) is 14.2 Å². The van der Waals surface area contributed by atoms with Crippen LogP contribution in [0.3, 0.4) is 0 Å². The fraction of sp³-hybridized carbons (Fsp3) is 0.750. The van der Waals surface area contributed by atoms with Gasteiger partial charge in [0.2, 0.25) is 0 Å². The highest BCUT2D eigenvalue weighted by molar-refractivity contribution is 5.15. The van der Waals surface area contributed by atoms with Crippen molar-refractivity contribution in [2.75, 3.05) is 6.61 Å². The van der Waals surface area contributed by atoms with Crippen LogP contribution in [0.25, 0.3) is 0 Å². The van der Waals surface area contributed by atoms with Crippen LogP contribution < -0.4 is 4.74 Å². The van der Waals surface area contributed by atoms with Crippen LogP contribution in [-0.2, 0) is 9.47 Å². The standard InChI is InChI=1S/C20H31NO3/c1-16(23-20-8-5-13-21-14-20)15-22-17-9-11-19(12-10-17)24-18-6-3-2-4-7-18/h5,8,13-14,16-19H,2-4,6-7,9-12,15H2,1H3. The van der Waals surface area contributed by atoms with E-state index in [-0.39, 0.29) is 6.10 Å². The maximum atomic E-state index is 6.30. The first-order valence-electron chi connectivity index (χ1n) is 9.63. The van der Waals surface area contributed by atoms with Crippen molar-refractivity contribution in [2.24, 2.45) is 0 Å². The molecule has 24 heavy (non-hydrogen) atoms. The van der Waals surface area contributed by atoms with Crippen LogP contribution in [0.2, 0.25) is 0 Å². The van der Waals surface area contributed by atoms with Crippen molar-refractivity contribution in [1.29, 1.82) is 0 Å². The van der Waals surface area contributed by atoms with E-state index in [1.54, 1.807) is 12.4 Å². The molecule has 1 atom stereocenters. The molecule has 3 rings (SSSR count). The summed E-state index contributed by atoms with van der Waals surface area (Å²) in [6, 6.07) is 3.81. The zero-order chi connectivity index (χ0) is 16.6. The van der Waals surface area contributed by atoms with Gasteiger partial charge in [-0.25, -0.2) is 0 Å². The first-order chi connectivity index (χ1) is 11.8. The van der Waals surface area contributed by atoms with Gasteiger partial charge in [0, 0.05) is 6.20 Å². The van der Waals surface area contributed by atoms with Gasteiger partial charge in [0.1, 0.15) is 11.9 Å². The van der Waals surface area contributed by atoms with Crippen LogP contribution in [-0.4, -0.2) is 36.0 Å². The maximum Gasteiger partial charge on any atom is 0.138 e. The lowest BCUT2D eigenvalue weighted by atomic mass is 9.93. The van der Waals surface area contributed by atoms with Crippen molar-refractivity contribution in [3.05, 3.63) is 24.5 Å². The van der Waals surface area contributed by atoms with Gasteiger partial charge in [-0.15, -0.1) is 0 Å². The first-order valence-corrected chi connectivity index (χ1v) is 9.63. The summed E-state index contributed by atoms with van der Waals surface area (Å²) in [4.78, 5) is 4.06. The molecule has 1 heterocycles. The van der Waals surface area contributed by atoms with E-state index in [0.29, 0.717) is 24.9 Å². The number of nitrogens with zero attached hydrogens (tertiary/aromatic N) is 1. The Bertz CT molecular complexity index is 453. The molecule has 0 spiro atoms. The molecule has 2 aliphatic rings. The Kier molecular flexibility index (Phi) is 6.91. The van der Waals surface area contributed by atoms with Gasteiger partial charge in [-0.05, 0) is 57.6 Å². The Morgan fingerprint density at radius 2 is 1.71 bits per heavy atom. The quantitative estimate of drug-likeness (QED) is 0.735. The topological polar surface area (TPSA) is 40.6 Å². The molecule has 0 saturated heterocycles. The number of hydrogen-bond donors (Lipinski definition) is 0. The fourth-order valence-electron chi connectivity index (χ4n) is 3.76. The molecular weight excluding hydrogens is 302 g/mol. The summed E-state index contributed by atoms with van der Waals surface area (Å²) in [5.74, 6) is 0.804.